The number of nitrogens with two attached hydrogens (primary N) is 1. The maximum absolute atomic E-state index is 6.29. The van der Waals surface area contributed by atoms with E-state index in [-0.39, 0.29) is 6.04 Å². The molecule has 1 aromatic carbocycles. The summed E-state index contributed by atoms with van der Waals surface area (Å²) < 4.78 is 12.4. The predicted octanol–water partition coefficient (Wildman–Crippen LogP) is 4.05. The number of halogens is 1. The zero-order valence-corrected chi connectivity index (χ0v) is 13.2. The Bertz CT molecular complexity index is 434. The Morgan fingerprint density at radius 3 is 2.42 bits per heavy atom. The SMILES string of the molecule is CC(C)CCC(N)c1cc2c(cc1Br)OCCCO2. The van der Waals surface area contributed by atoms with Gasteiger partial charge in [0.25, 0.3) is 0 Å². The fourth-order valence-electron chi connectivity index (χ4n) is 2.15. The van der Waals surface area contributed by atoms with Gasteiger partial charge >= 0.3 is 0 Å². The molecule has 2 N–H and O–H groups in total. The summed E-state index contributed by atoms with van der Waals surface area (Å²) >= 11 is 3.59. The third-order valence-electron chi connectivity index (χ3n) is 3.32. The molecular weight excluding hydrogens is 306 g/mol. The highest BCUT2D eigenvalue weighted by Gasteiger charge is 2.17. The Labute approximate surface area is 123 Å². The molecule has 0 bridgehead atoms. The molecule has 106 valence electrons. The molecule has 0 amide bonds. The van der Waals surface area contributed by atoms with E-state index >= 15 is 0 Å². The van der Waals surface area contributed by atoms with E-state index in [0.29, 0.717) is 19.1 Å². The van der Waals surface area contributed by atoms with E-state index in [9.17, 15) is 0 Å². The summed E-state index contributed by atoms with van der Waals surface area (Å²) in [6.07, 6.45) is 3.03. The monoisotopic (exact) mass is 327 g/mol. The number of rotatable bonds is 4. The molecule has 3 nitrogen and oxygen atoms in total. The molecule has 0 fully saturated rings. The highest BCUT2D eigenvalue weighted by molar-refractivity contribution is 9.10. The second-order valence-corrected chi connectivity index (χ2v) is 6.30. The van der Waals surface area contributed by atoms with Crippen molar-refractivity contribution in [2.45, 2.75) is 39.2 Å². The van der Waals surface area contributed by atoms with Crippen LogP contribution in [0.25, 0.3) is 0 Å². The summed E-state index contributed by atoms with van der Waals surface area (Å²) in [4.78, 5) is 0. The lowest BCUT2D eigenvalue weighted by Crippen LogP contribution is -2.12. The summed E-state index contributed by atoms with van der Waals surface area (Å²) in [6, 6.07) is 4.04. The lowest BCUT2D eigenvalue weighted by atomic mass is 9.98. The largest absolute Gasteiger partial charge is 0.490 e. The summed E-state index contributed by atoms with van der Waals surface area (Å²) in [5.74, 6) is 2.30. The lowest BCUT2D eigenvalue weighted by molar-refractivity contribution is 0.297. The van der Waals surface area contributed by atoms with Gasteiger partial charge in [0.1, 0.15) is 0 Å². The zero-order valence-electron chi connectivity index (χ0n) is 11.6. The zero-order chi connectivity index (χ0) is 13.8. The third kappa shape index (κ3) is 3.86. The maximum Gasteiger partial charge on any atom is 0.162 e. The highest BCUT2D eigenvalue weighted by Crippen LogP contribution is 2.38. The van der Waals surface area contributed by atoms with Gasteiger partial charge < -0.3 is 15.2 Å². The van der Waals surface area contributed by atoms with Gasteiger partial charge in [0.15, 0.2) is 11.5 Å². The molecular formula is C15H22BrNO2. The van der Waals surface area contributed by atoms with Crippen molar-refractivity contribution >= 4 is 15.9 Å². The lowest BCUT2D eigenvalue weighted by Gasteiger charge is -2.17. The highest BCUT2D eigenvalue weighted by atomic mass is 79.9. The van der Waals surface area contributed by atoms with Crippen LogP contribution in [0.4, 0.5) is 0 Å². The van der Waals surface area contributed by atoms with Gasteiger partial charge in [-0.25, -0.2) is 0 Å². The van der Waals surface area contributed by atoms with Crippen molar-refractivity contribution in [3.63, 3.8) is 0 Å². The van der Waals surface area contributed by atoms with E-state index in [1.807, 2.05) is 12.1 Å². The molecule has 4 heteroatoms. The summed E-state index contributed by atoms with van der Waals surface area (Å²) in [6.45, 7) is 5.85. The van der Waals surface area contributed by atoms with E-state index in [0.717, 1.165) is 40.8 Å². The molecule has 0 saturated carbocycles. The third-order valence-corrected chi connectivity index (χ3v) is 4.01. The Morgan fingerprint density at radius 1 is 1.16 bits per heavy atom. The second-order valence-electron chi connectivity index (χ2n) is 5.45. The maximum atomic E-state index is 6.29. The van der Waals surface area contributed by atoms with Gasteiger partial charge in [-0.05, 0) is 36.5 Å². The van der Waals surface area contributed by atoms with Crippen LogP contribution >= 0.6 is 15.9 Å². The molecule has 1 atom stereocenters. The van der Waals surface area contributed by atoms with Crippen molar-refractivity contribution in [1.82, 2.24) is 0 Å². The Hall–Kier alpha value is -0.740. The van der Waals surface area contributed by atoms with Crippen molar-refractivity contribution in [2.75, 3.05) is 13.2 Å². The van der Waals surface area contributed by atoms with Crippen LogP contribution in [-0.2, 0) is 0 Å². The molecule has 2 rings (SSSR count). The minimum absolute atomic E-state index is 0.0360. The molecule has 0 aromatic heterocycles. The van der Waals surface area contributed by atoms with Crippen molar-refractivity contribution in [2.24, 2.45) is 11.7 Å². The summed E-state index contributed by atoms with van der Waals surface area (Å²) in [7, 11) is 0. The fraction of sp³-hybridized carbons (Fsp3) is 0.600. The van der Waals surface area contributed by atoms with E-state index in [1.165, 1.54) is 0 Å². The van der Waals surface area contributed by atoms with Crippen molar-refractivity contribution in [3.05, 3.63) is 22.2 Å². The standard InChI is InChI=1S/C15H22BrNO2/c1-10(2)4-5-13(17)11-8-14-15(9-12(11)16)19-7-3-6-18-14/h8-10,13H,3-7,17H2,1-2H3. The Morgan fingerprint density at radius 2 is 1.79 bits per heavy atom. The Balaban J connectivity index is 2.18. The number of ether oxygens (including phenoxy) is 2. The van der Waals surface area contributed by atoms with E-state index in [1.54, 1.807) is 0 Å². The van der Waals surface area contributed by atoms with Crippen LogP contribution in [-0.4, -0.2) is 13.2 Å². The molecule has 0 aliphatic carbocycles. The fourth-order valence-corrected chi connectivity index (χ4v) is 2.77. The van der Waals surface area contributed by atoms with Gasteiger partial charge in [-0.3, -0.25) is 0 Å². The van der Waals surface area contributed by atoms with Crippen molar-refractivity contribution < 1.29 is 9.47 Å². The van der Waals surface area contributed by atoms with Gasteiger partial charge in [0, 0.05) is 16.9 Å². The number of hydrogen-bond donors (Lipinski definition) is 1. The topological polar surface area (TPSA) is 44.5 Å². The van der Waals surface area contributed by atoms with Crippen LogP contribution < -0.4 is 15.2 Å². The number of hydrogen-bond acceptors (Lipinski definition) is 3. The molecule has 1 aliphatic heterocycles. The first-order chi connectivity index (χ1) is 9.08. The van der Waals surface area contributed by atoms with Gasteiger partial charge in [-0.2, -0.15) is 0 Å². The van der Waals surface area contributed by atoms with Crippen LogP contribution in [0.15, 0.2) is 16.6 Å². The average Bonchev–Trinajstić information content (AvgIpc) is 2.59. The molecule has 1 aromatic rings. The molecule has 19 heavy (non-hydrogen) atoms. The molecule has 1 aliphatic rings. The second kappa shape index (κ2) is 6.62. The Kier molecular flexibility index (Phi) is 5.11. The normalized spacial score (nSPS) is 16.3. The average molecular weight is 328 g/mol. The quantitative estimate of drug-likeness (QED) is 0.907. The van der Waals surface area contributed by atoms with Gasteiger partial charge in [-0.1, -0.05) is 29.8 Å². The molecule has 0 radical (unpaired) electrons. The first kappa shape index (κ1) is 14.7. The van der Waals surface area contributed by atoms with E-state index in [4.69, 9.17) is 15.2 Å². The van der Waals surface area contributed by atoms with Gasteiger partial charge in [0.2, 0.25) is 0 Å². The molecule has 1 heterocycles. The van der Waals surface area contributed by atoms with E-state index < -0.39 is 0 Å². The van der Waals surface area contributed by atoms with Crippen molar-refractivity contribution in [3.8, 4) is 11.5 Å². The first-order valence-corrected chi connectivity index (χ1v) is 7.72. The predicted molar refractivity (Wildman–Crippen MR) is 80.7 cm³/mol. The van der Waals surface area contributed by atoms with Crippen LogP contribution in [0.2, 0.25) is 0 Å². The molecule has 1 unspecified atom stereocenters. The van der Waals surface area contributed by atoms with Crippen molar-refractivity contribution in [1.29, 1.82) is 0 Å². The summed E-state index contributed by atoms with van der Waals surface area (Å²) in [5.41, 5.74) is 7.39. The first-order valence-electron chi connectivity index (χ1n) is 6.92. The van der Waals surface area contributed by atoms with Crippen LogP contribution in [0, 0.1) is 5.92 Å². The minimum atomic E-state index is 0.0360. The van der Waals surface area contributed by atoms with Gasteiger partial charge in [-0.15, -0.1) is 0 Å². The van der Waals surface area contributed by atoms with Crippen LogP contribution in [0.1, 0.15) is 44.7 Å². The summed E-state index contributed by atoms with van der Waals surface area (Å²) in [5, 5.41) is 0. The molecule has 0 spiro atoms. The number of benzene rings is 1. The van der Waals surface area contributed by atoms with E-state index in [2.05, 4.69) is 29.8 Å². The van der Waals surface area contributed by atoms with Crippen LogP contribution in [0.3, 0.4) is 0 Å². The van der Waals surface area contributed by atoms with Gasteiger partial charge in [0.05, 0.1) is 13.2 Å². The minimum Gasteiger partial charge on any atom is -0.490 e. The van der Waals surface area contributed by atoms with Crippen LogP contribution in [0.5, 0.6) is 11.5 Å². The number of fused-ring (bicyclic) bond motifs is 1. The smallest absolute Gasteiger partial charge is 0.162 e. The molecule has 0 saturated heterocycles.